The van der Waals surface area contributed by atoms with E-state index >= 15 is 0 Å². The Labute approximate surface area is 172 Å². The number of guanidine groups is 1. The van der Waals surface area contributed by atoms with Crippen molar-refractivity contribution in [1.82, 2.24) is 10.2 Å². The average Bonchev–Trinajstić information content (AvgIpc) is 3.10. The highest BCUT2D eigenvalue weighted by atomic mass is 16.5. The Balaban J connectivity index is 1.80. The van der Waals surface area contributed by atoms with E-state index < -0.39 is 0 Å². The molecule has 0 radical (unpaired) electrons. The third-order valence-electron chi connectivity index (χ3n) is 5.69. The zero-order chi connectivity index (χ0) is 20.4. The van der Waals surface area contributed by atoms with Crippen LogP contribution in [-0.2, 0) is 11.2 Å². The number of nitrogens with zero attached hydrogens (tertiary/aromatic N) is 2. The third kappa shape index (κ3) is 3.77. The van der Waals surface area contributed by atoms with Gasteiger partial charge < -0.3 is 9.64 Å². The highest BCUT2D eigenvalue weighted by Gasteiger charge is 2.35. The van der Waals surface area contributed by atoms with Crippen LogP contribution in [0, 0.1) is 6.92 Å². The molecule has 5 nitrogen and oxygen atoms in total. The highest BCUT2D eigenvalue weighted by Crippen LogP contribution is 2.40. The van der Waals surface area contributed by atoms with Crippen molar-refractivity contribution in [2.45, 2.75) is 45.6 Å². The van der Waals surface area contributed by atoms with Crippen molar-refractivity contribution in [1.29, 1.82) is 0 Å². The van der Waals surface area contributed by atoms with Gasteiger partial charge in [-0.1, -0.05) is 43.3 Å². The van der Waals surface area contributed by atoms with Gasteiger partial charge in [0, 0.05) is 12.1 Å². The Morgan fingerprint density at radius 1 is 1.24 bits per heavy atom. The largest absolute Gasteiger partial charge is 0.496 e. The number of carbonyl (C=O) groups is 1. The second kappa shape index (κ2) is 8.11. The third-order valence-corrected chi connectivity index (χ3v) is 5.69. The van der Waals surface area contributed by atoms with Gasteiger partial charge in [-0.2, -0.15) is 0 Å². The average molecular weight is 389 g/mol. The van der Waals surface area contributed by atoms with E-state index in [1.807, 2.05) is 25.1 Å². The van der Waals surface area contributed by atoms with E-state index in [1.165, 1.54) is 5.56 Å². The molecule has 2 aromatic carbocycles. The number of hydrogen-bond donors (Lipinski definition) is 1. The van der Waals surface area contributed by atoms with Crippen LogP contribution in [0.15, 0.2) is 59.2 Å². The van der Waals surface area contributed by atoms with Crippen LogP contribution in [0.2, 0.25) is 0 Å². The van der Waals surface area contributed by atoms with Gasteiger partial charge in [0.2, 0.25) is 11.9 Å². The number of nitrogens with one attached hydrogen (secondary N) is 1. The van der Waals surface area contributed by atoms with Crippen LogP contribution in [0.1, 0.15) is 48.9 Å². The first-order chi connectivity index (χ1) is 14.1. The molecule has 2 aliphatic heterocycles. The lowest BCUT2D eigenvalue weighted by molar-refractivity contribution is -0.118. The molecule has 0 bridgehead atoms. The van der Waals surface area contributed by atoms with Crippen LogP contribution in [0.5, 0.6) is 5.75 Å². The molecule has 2 aromatic rings. The molecular weight excluding hydrogens is 362 g/mol. The number of hydrogen-bond acceptors (Lipinski definition) is 3. The lowest BCUT2D eigenvalue weighted by Crippen LogP contribution is -2.41. The fraction of sp³-hybridized carbons (Fsp3) is 0.333. The van der Waals surface area contributed by atoms with Crippen molar-refractivity contribution in [3.8, 4) is 5.75 Å². The topological polar surface area (TPSA) is 53.9 Å². The number of ether oxygens (including phenoxy) is 1. The molecule has 29 heavy (non-hydrogen) atoms. The minimum atomic E-state index is -0.0284. The minimum Gasteiger partial charge on any atom is -0.496 e. The molecule has 150 valence electrons. The molecule has 0 saturated carbocycles. The van der Waals surface area contributed by atoms with Crippen LogP contribution in [0.25, 0.3) is 0 Å². The molecule has 0 aromatic heterocycles. The zero-order valence-corrected chi connectivity index (χ0v) is 17.2. The van der Waals surface area contributed by atoms with Crippen molar-refractivity contribution < 1.29 is 9.53 Å². The van der Waals surface area contributed by atoms with Crippen molar-refractivity contribution in [3.05, 3.63) is 70.9 Å². The number of benzene rings is 2. The second-order valence-corrected chi connectivity index (χ2v) is 7.52. The van der Waals surface area contributed by atoms with Crippen molar-refractivity contribution >= 4 is 17.6 Å². The van der Waals surface area contributed by atoms with Crippen LogP contribution in [0.3, 0.4) is 0 Å². The number of methoxy groups -OCH3 is 1. The maximum absolute atomic E-state index is 12.4. The smallest absolute Gasteiger partial charge is 0.230 e. The fourth-order valence-electron chi connectivity index (χ4n) is 4.15. The normalized spacial score (nSPS) is 20.2. The zero-order valence-electron chi connectivity index (χ0n) is 17.2. The van der Waals surface area contributed by atoms with Gasteiger partial charge in [0.05, 0.1) is 18.8 Å². The van der Waals surface area contributed by atoms with Gasteiger partial charge in [-0.3, -0.25) is 10.1 Å². The number of carbonyl (C=O) groups excluding carboxylic acids is 1. The molecule has 0 spiro atoms. The summed E-state index contributed by atoms with van der Waals surface area (Å²) in [5.41, 5.74) is 5.39. The van der Waals surface area contributed by atoms with E-state index in [9.17, 15) is 4.79 Å². The van der Waals surface area contributed by atoms with E-state index in [-0.39, 0.29) is 11.9 Å². The van der Waals surface area contributed by atoms with Gasteiger partial charge in [-0.15, -0.1) is 0 Å². The standard InChI is InChI=1S/C24H27N3O2/c1-4-17-15-20(16(2)14-22(17)29-3)25-24-26-23(28)13-11-19-10-12-21(27(19)24)18-8-6-5-7-9-18/h5-9,11,14-15,21H,4,10,12-13H2,1-3H3,(H,25,26,28). The summed E-state index contributed by atoms with van der Waals surface area (Å²) in [5, 5.41) is 3.05. The SMILES string of the molecule is CCc1cc(N=C2NC(=O)CC=C3CCC(c4ccccc4)N32)c(C)cc1OC. The van der Waals surface area contributed by atoms with E-state index in [2.05, 4.69) is 47.5 Å². The molecule has 5 heteroatoms. The quantitative estimate of drug-likeness (QED) is 0.818. The molecule has 1 atom stereocenters. The van der Waals surface area contributed by atoms with E-state index in [4.69, 9.17) is 9.73 Å². The number of rotatable bonds is 4. The van der Waals surface area contributed by atoms with Crippen LogP contribution in [-0.4, -0.2) is 23.9 Å². The van der Waals surface area contributed by atoms with Crippen molar-refractivity contribution in [2.75, 3.05) is 7.11 Å². The molecular formula is C24H27N3O2. The molecule has 4 rings (SSSR count). The first kappa shape index (κ1) is 19.2. The van der Waals surface area contributed by atoms with Gasteiger partial charge in [0.15, 0.2) is 0 Å². The monoisotopic (exact) mass is 389 g/mol. The first-order valence-electron chi connectivity index (χ1n) is 10.2. The first-order valence-corrected chi connectivity index (χ1v) is 10.2. The number of amides is 1. The minimum absolute atomic E-state index is 0.0284. The van der Waals surface area contributed by atoms with Gasteiger partial charge in [0.25, 0.3) is 0 Å². The van der Waals surface area contributed by atoms with Gasteiger partial charge in [-0.05, 0) is 55.0 Å². The molecule has 1 fully saturated rings. The van der Waals surface area contributed by atoms with E-state index in [0.29, 0.717) is 12.4 Å². The van der Waals surface area contributed by atoms with Crippen molar-refractivity contribution in [2.24, 2.45) is 4.99 Å². The van der Waals surface area contributed by atoms with Crippen molar-refractivity contribution in [3.63, 3.8) is 0 Å². The Hall–Kier alpha value is -3.08. The highest BCUT2D eigenvalue weighted by molar-refractivity contribution is 6.00. The summed E-state index contributed by atoms with van der Waals surface area (Å²) in [6, 6.07) is 14.7. The van der Waals surface area contributed by atoms with E-state index in [1.54, 1.807) is 7.11 Å². The summed E-state index contributed by atoms with van der Waals surface area (Å²) in [5.74, 6) is 1.46. The maximum Gasteiger partial charge on any atom is 0.230 e. The predicted octanol–water partition coefficient (Wildman–Crippen LogP) is 4.79. The Morgan fingerprint density at radius 2 is 2.03 bits per heavy atom. The Morgan fingerprint density at radius 3 is 2.76 bits per heavy atom. The molecule has 0 aliphatic carbocycles. The second-order valence-electron chi connectivity index (χ2n) is 7.52. The lowest BCUT2D eigenvalue weighted by atomic mass is 10.0. The predicted molar refractivity (Wildman–Crippen MR) is 115 cm³/mol. The summed E-state index contributed by atoms with van der Waals surface area (Å²) in [6.07, 6.45) is 5.23. The summed E-state index contributed by atoms with van der Waals surface area (Å²) in [4.78, 5) is 19.5. The summed E-state index contributed by atoms with van der Waals surface area (Å²) < 4.78 is 5.51. The molecule has 2 heterocycles. The van der Waals surface area contributed by atoms with Gasteiger partial charge in [-0.25, -0.2) is 4.99 Å². The summed E-state index contributed by atoms with van der Waals surface area (Å²) in [7, 11) is 1.69. The van der Waals surface area contributed by atoms with Crippen LogP contribution < -0.4 is 10.1 Å². The Kier molecular flexibility index (Phi) is 5.38. The summed E-state index contributed by atoms with van der Waals surface area (Å²) in [6.45, 7) is 4.12. The molecule has 1 amide bonds. The van der Waals surface area contributed by atoms with Gasteiger partial charge in [0.1, 0.15) is 5.75 Å². The Bertz CT molecular complexity index is 979. The molecule has 1 saturated heterocycles. The molecule has 1 unspecified atom stereocenters. The van der Waals surface area contributed by atoms with Crippen LogP contribution in [0.4, 0.5) is 5.69 Å². The number of allylic oxidation sites excluding steroid dienone is 1. The fourth-order valence-corrected chi connectivity index (χ4v) is 4.15. The lowest BCUT2D eigenvalue weighted by Gasteiger charge is -2.28. The van der Waals surface area contributed by atoms with Crippen LogP contribution >= 0.6 is 0 Å². The molecule has 2 aliphatic rings. The summed E-state index contributed by atoms with van der Waals surface area (Å²) >= 11 is 0. The van der Waals surface area contributed by atoms with Gasteiger partial charge >= 0.3 is 0 Å². The number of fused-ring (bicyclic) bond motifs is 1. The molecule has 1 N–H and O–H groups in total. The van der Waals surface area contributed by atoms with E-state index in [0.717, 1.165) is 47.5 Å². The number of aryl methyl sites for hydroxylation is 2. The maximum atomic E-state index is 12.4. The number of aliphatic imine (C=N–C) groups is 1.